The zero-order chi connectivity index (χ0) is 27.4. The molecule has 0 bridgehead atoms. The van der Waals surface area contributed by atoms with E-state index >= 15 is 0 Å². The molecule has 0 aliphatic carbocycles. The average molecular weight is 540 g/mol. The number of rotatable bonds is 5. The van der Waals surface area contributed by atoms with Gasteiger partial charge in [-0.05, 0) is 56.2 Å². The Morgan fingerprint density at radius 3 is 2.70 bits per heavy atom. The Morgan fingerprint density at radius 1 is 1.12 bits per heavy atom. The van der Waals surface area contributed by atoms with Crippen molar-refractivity contribution in [2.24, 2.45) is 5.41 Å². The number of piperidine rings is 1. The number of amides is 1. The normalized spacial score (nSPS) is 17.4. The van der Waals surface area contributed by atoms with E-state index in [2.05, 4.69) is 37.2 Å². The van der Waals surface area contributed by atoms with Crippen LogP contribution in [-0.2, 0) is 4.79 Å². The fourth-order valence-electron chi connectivity index (χ4n) is 6.18. The largest absolute Gasteiger partial charge is 0.486 e. The van der Waals surface area contributed by atoms with Gasteiger partial charge in [-0.25, -0.2) is 14.4 Å². The summed E-state index contributed by atoms with van der Waals surface area (Å²) in [7, 11) is 0. The van der Waals surface area contributed by atoms with Crippen LogP contribution in [0.3, 0.4) is 0 Å². The summed E-state index contributed by atoms with van der Waals surface area (Å²) in [5.74, 6) is 1.45. The second kappa shape index (κ2) is 9.32. The van der Waals surface area contributed by atoms with Gasteiger partial charge in [-0.2, -0.15) is 5.10 Å². The molecule has 0 unspecified atom stereocenters. The quantitative estimate of drug-likeness (QED) is 0.317. The Morgan fingerprint density at radius 2 is 1.95 bits per heavy atom. The van der Waals surface area contributed by atoms with Gasteiger partial charge in [0, 0.05) is 73.6 Å². The number of hydrogen-bond donors (Lipinski definition) is 2. The second-order valence-corrected chi connectivity index (χ2v) is 11.1. The van der Waals surface area contributed by atoms with E-state index in [0.29, 0.717) is 22.2 Å². The van der Waals surface area contributed by atoms with Crippen LogP contribution in [0, 0.1) is 11.2 Å². The van der Waals surface area contributed by atoms with Gasteiger partial charge in [0.05, 0.1) is 10.9 Å². The van der Waals surface area contributed by atoms with Crippen molar-refractivity contribution >= 4 is 33.7 Å². The fourth-order valence-corrected chi connectivity index (χ4v) is 6.18. The van der Waals surface area contributed by atoms with E-state index in [1.807, 2.05) is 36.2 Å². The van der Waals surface area contributed by atoms with Crippen molar-refractivity contribution in [3.8, 4) is 17.0 Å². The lowest BCUT2D eigenvalue weighted by Crippen LogP contribution is -2.61. The highest BCUT2D eigenvalue weighted by atomic mass is 19.1. The zero-order valence-electron chi connectivity index (χ0n) is 22.4. The predicted molar refractivity (Wildman–Crippen MR) is 151 cm³/mol. The second-order valence-electron chi connectivity index (χ2n) is 11.1. The minimum atomic E-state index is -0.390. The standard InChI is InChI=1S/C30H30FN7O2/c1-18(22-7-10-32-29-27(22)24(31)15-34-29)40-21-4-5-25-23(13-21)28(36-35-25)20-3-6-26(33-14-20)38-16-30(17-38)8-11-37(12-9-30)19(2)39/h3-7,10,13-15,18H,8-9,11-12,16-17H2,1-2H3,(H,32,34)(H,35,36)/t18-/m1/s1. The van der Waals surface area contributed by atoms with Crippen LogP contribution in [0.4, 0.5) is 10.2 Å². The van der Waals surface area contributed by atoms with Crippen molar-refractivity contribution in [3.05, 3.63) is 66.4 Å². The van der Waals surface area contributed by atoms with E-state index < -0.39 is 0 Å². The molecule has 2 aliphatic rings. The first kappa shape index (κ1) is 24.6. The zero-order valence-corrected chi connectivity index (χ0v) is 22.4. The molecule has 6 heterocycles. The number of anilines is 1. The molecule has 1 aromatic carbocycles. The number of benzene rings is 1. The van der Waals surface area contributed by atoms with Gasteiger partial charge in [-0.1, -0.05) is 0 Å². The molecule has 2 fully saturated rings. The predicted octanol–water partition coefficient (Wildman–Crippen LogP) is 5.23. The summed E-state index contributed by atoms with van der Waals surface area (Å²) < 4.78 is 20.6. The molecule has 2 saturated heterocycles. The number of H-pyrrole nitrogens is 2. The van der Waals surface area contributed by atoms with Gasteiger partial charge in [0.1, 0.15) is 29.0 Å². The fraction of sp³-hybridized carbons (Fsp3) is 0.333. The van der Waals surface area contributed by atoms with Crippen molar-refractivity contribution in [2.75, 3.05) is 31.1 Å². The van der Waals surface area contributed by atoms with E-state index in [1.54, 1.807) is 19.2 Å². The highest BCUT2D eigenvalue weighted by Gasteiger charge is 2.45. The van der Waals surface area contributed by atoms with E-state index in [-0.39, 0.29) is 17.8 Å². The third kappa shape index (κ3) is 4.14. The summed E-state index contributed by atoms with van der Waals surface area (Å²) in [5.41, 5.74) is 4.13. The van der Waals surface area contributed by atoms with Crippen molar-refractivity contribution < 1.29 is 13.9 Å². The maximum atomic E-state index is 14.4. The molecule has 4 aromatic heterocycles. The smallest absolute Gasteiger partial charge is 0.219 e. The Hall–Kier alpha value is -4.47. The number of aromatic nitrogens is 5. The lowest BCUT2D eigenvalue weighted by atomic mass is 9.72. The van der Waals surface area contributed by atoms with E-state index in [0.717, 1.165) is 72.6 Å². The Balaban J connectivity index is 1.07. The van der Waals surface area contributed by atoms with E-state index in [1.165, 1.54) is 6.20 Å². The maximum Gasteiger partial charge on any atom is 0.219 e. The molecular formula is C30H30FN7O2. The van der Waals surface area contributed by atoms with Gasteiger partial charge in [-0.3, -0.25) is 9.89 Å². The number of nitrogens with one attached hydrogen (secondary N) is 2. The summed E-state index contributed by atoms with van der Waals surface area (Å²) in [6, 6.07) is 11.7. The summed E-state index contributed by atoms with van der Waals surface area (Å²) >= 11 is 0. The molecule has 1 amide bonds. The van der Waals surface area contributed by atoms with Crippen LogP contribution in [0.2, 0.25) is 0 Å². The number of likely N-dealkylation sites (tertiary alicyclic amines) is 1. The van der Waals surface area contributed by atoms with E-state index in [4.69, 9.17) is 9.72 Å². The third-order valence-corrected chi connectivity index (χ3v) is 8.51. The Kier molecular flexibility index (Phi) is 5.72. The van der Waals surface area contributed by atoms with Gasteiger partial charge in [0.2, 0.25) is 5.91 Å². The Bertz CT molecular complexity index is 1710. The minimum Gasteiger partial charge on any atom is -0.486 e. The summed E-state index contributed by atoms with van der Waals surface area (Å²) in [5, 5.41) is 9.03. The molecule has 1 spiro atoms. The molecule has 0 saturated carbocycles. The van der Waals surface area contributed by atoms with Crippen LogP contribution >= 0.6 is 0 Å². The number of carbonyl (C=O) groups excluding carboxylic acids is 1. The monoisotopic (exact) mass is 539 g/mol. The molecule has 10 heteroatoms. The molecule has 204 valence electrons. The van der Waals surface area contributed by atoms with Gasteiger partial charge >= 0.3 is 0 Å². The third-order valence-electron chi connectivity index (χ3n) is 8.51. The van der Waals surface area contributed by atoms with Crippen LogP contribution in [0.25, 0.3) is 33.2 Å². The summed E-state index contributed by atoms with van der Waals surface area (Å²) in [6.45, 7) is 7.21. The molecule has 5 aromatic rings. The summed E-state index contributed by atoms with van der Waals surface area (Å²) in [6.07, 6.45) is 6.55. The maximum absolute atomic E-state index is 14.4. The van der Waals surface area contributed by atoms with Crippen LogP contribution < -0.4 is 9.64 Å². The number of hydrogen-bond acceptors (Lipinski definition) is 6. The number of ether oxygens (including phenoxy) is 1. The number of aromatic amines is 2. The highest BCUT2D eigenvalue weighted by molar-refractivity contribution is 5.93. The SMILES string of the molecule is CC(=O)N1CCC2(CC1)CN(c1ccc(-c3n[nH]c4ccc(O[C@H](C)c5ccnc6[nH]cc(F)c56)cc34)cn1)C2. The van der Waals surface area contributed by atoms with Crippen LogP contribution in [0.1, 0.15) is 38.4 Å². The highest BCUT2D eigenvalue weighted by Crippen LogP contribution is 2.42. The van der Waals surface area contributed by atoms with Gasteiger partial charge in [-0.15, -0.1) is 0 Å². The van der Waals surface area contributed by atoms with Crippen molar-refractivity contribution in [1.82, 2.24) is 30.0 Å². The van der Waals surface area contributed by atoms with Crippen molar-refractivity contribution in [1.29, 1.82) is 0 Å². The van der Waals surface area contributed by atoms with Crippen LogP contribution in [0.5, 0.6) is 5.75 Å². The minimum absolute atomic E-state index is 0.171. The number of carbonyl (C=O) groups is 1. The number of halogens is 1. The molecule has 2 N–H and O–H groups in total. The molecule has 9 nitrogen and oxygen atoms in total. The van der Waals surface area contributed by atoms with Crippen molar-refractivity contribution in [3.63, 3.8) is 0 Å². The van der Waals surface area contributed by atoms with Gasteiger partial charge in [0.25, 0.3) is 0 Å². The number of pyridine rings is 2. The topological polar surface area (TPSA) is 103 Å². The molecule has 0 radical (unpaired) electrons. The first-order valence-electron chi connectivity index (χ1n) is 13.6. The molecule has 7 rings (SSSR count). The van der Waals surface area contributed by atoms with Gasteiger partial charge < -0.3 is 19.5 Å². The van der Waals surface area contributed by atoms with E-state index in [9.17, 15) is 9.18 Å². The lowest BCUT2D eigenvalue weighted by molar-refractivity contribution is -0.131. The first-order chi connectivity index (χ1) is 19.4. The number of fused-ring (bicyclic) bond motifs is 2. The van der Waals surface area contributed by atoms with Gasteiger partial charge in [0.15, 0.2) is 5.82 Å². The van der Waals surface area contributed by atoms with Crippen molar-refractivity contribution in [2.45, 2.75) is 32.8 Å². The average Bonchev–Trinajstić information content (AvgIpc) is 3.55. The lowest BCUT2D eigenvalue weighted by Gasteiger charge is -2.54. The molecular weight excluding hydrogens is 509 g/mol. The summed E-state index contributed by atoms with van der Waals surface area (Å²) in [4.78, 5) is 27.7. The molecule has 40 heavy (non-hydrogen) atoms. The molecule has 2 aliphatic heterocycles. The van der Waals surface area contributed by atoms with Crippen LogP contribution in [0.15, 0.2) is 55.0 Å². The van der Waals surface area contributed by atoms with Crippen LogP contribution in [-0.4, -0.2) is 62.1 Å². The first-order valence-corrected chi connectivity index (χ1v) is 13.6. The number of nitrogens with zero attached hydrogens (tertiary/aromatic N) is 5. The Labute approximate surface area is 230 Å². The molecule has 1 atom stereocenters.